The molecule has 1 rings (SSSR count). The molecule has 0 heterocycles. The molecule has 390 valence electrons. The molecule has 5 heteroatoms. The van der Waals surface area contributed by atoms with Crippen molar-refractivity contribution in [2.75, 3.05) is 13.2 Å². The monoisotopic (exact) mass is 945 g/mol. The summed E-state index contributed by atoms with van der Waals surface area (Å²) in [5.41, 5.74) is 3.53. The first-order chi connectivity index (χ1) is 32.1. The van der Waals surface area contributed by atoms with Crippen molar-refractivity contribution in [2.45, 2.75) is 343 Å². The van der Waals surface area contributed by atoms with Gasteiger partial charge in [-0.15, -0.1) is 0 Å². The molecule has 0 bridgehead atoms. The molecule has 0 amide bonds. The van der Waals surface area contributed by atoms with Gasteiger partial charge in [-0.25, -0.2) is 0 Å². The van der Waals surface area contributed by atoms with Crippen LogP contribution in [0.4, 0.5) is 0 Å². The van der Waals surface area contributed by atoms with Gasteiger partial charge in [0.15, 0.2) is 0 Å². The van der Waals surface area contributed by atoms with Crippen molar-refractivity contribution in [1.82, 2.24) is 0 Å². The van der Waals surface area contributed by atoms with Crippen LogP contribution in [0.5, 0.6) is 5.75 Å². The summed E-state index contributed by atoms with van der Waals surface area (Å²) < 4.78 is 26.8. The number of phenols is 1. The third kappa shape index (κ3) is 36.2. The van der Waals surface area contributed by atoms with E-state index in [2.05, 4.69) is 47.6 Å². The highest BCUT2D eigenvalue weighted by Crippen LogP contribution is 2.54. The molecule has 0 aliphatic carbocycles. The van der Waals surface area contributed by atoms with E-state index in [1.165, 1.54) is 257 Å². The van der Waals surface area contributed by atoms with Crippen LogP contribution in [-0.2, 0) is 25.2 Å². The number of aryl methyl sites for hydroxylation is 1. The molecule has 0 saturated heterocycles. The number of rotatable bonds is 50. The Balaban J connectivity index is 2.23. The van der Waals surface area contributed by atoms with Crippen LogP contribution in [0, 0.1) is 13.8 Å². The van der Waals surface area contributed by atoms with Crippen LogP contribution < -0.4 is 0 Å². The van der Waals surface area contributed by atoms with Crippen LogP contribution in [0.3, 0.4) is 0 Å². The summed E-state index contributed by atoms with van der Waals surface area (Å²) in [6.07, 6.45) is 60.4. The Morgan fingerprint density at radius 1 is 0.409 bits per heavy atom. The lowest BCUT2D eigenvalue weighted by atomic mass is 9.83. The zero-order valence-corrected chi connectivity index (χ0v) is 46.8. The van der Waals surface area contributed by atoms with E-state index in [0.29, 0.717) is 19.0 Å². The van der Waals surface area contributed by atoms with Crippen molar-refractivity contribution < 1.29 is 18.7 Å². The summed E-state index contributed by atoms with van der Waals surface area (Å²) >= 11 is 0. The molecular weight excluding hydrogens is 828 g/mol. The van der Waals surface area contributed by atoms with Crippen molar-refractivity contribution in [3.05, 3.63) is 28.3 Å². The van der Waals surface area contributed by atoms with Crippen molar-refractivity contribution >= 4 is 7.60 Å². The zero-order chi connectivity index (χ0) is 48.2. The van der Waals surface area contributed by atoms with Crippen LogP contribution in [0.1, 0.15) is 339 Å². The first kappa shape index (κ1) is 63.2. The quantitative estimate of drug-likeness (QED) is 0.0522. The predicted octanol–water partition coefficient (Wildman–Crippen LogP) is 22.2. The normalized spacial score (nSPS) is 12.2. The fourth-order valence-corrected chi connectivity index (χ4v) is 11.9. The maximum Gasteiger partial charge on any atom is 0.335 e. The van der Waals surface area contributed by atoms with Gasteiger partial charge in [-0.2, -0.15) is 0 Å². The van der Waals surface area contributed by atoms with E-state index < -0.39 is 7.60 Å². The van der Waals surface area contributed by atoms with E-state index in [1.54, 1.807) is 0 Å². The molecule has 0 aromatic heterocycles. The van der Waals surface area contributed by atoms with Crippen LogP contribution in [0.15, 0.2) is 6.07 Å². The van der Waals surface area contributed by atoms with E-state index in [0.717, 1.165) is 47.9 Å². The Morgan fingerprint density at radius 2 is 0.636 bits per heavy atom. The third-order valence-electron chi connectivity index (χ3n) is 14.6. The molecule has 66 heavy (non-hydrogen) atoms. The summed E-state index contributed by atoms with van der Waals surface area (Å²) in [5, 5.41) is 11.2. The number of hydrogen-bond acceptors (Lipinski definition) is 4. The van der Waals surface area contributed by atoms with Crippen LogP contribution in [0.2, 0.25) is 0 Å². The second-order valence-corrected chi connectivity index (χ2v) is 24.3. The zero-order valence-electron chi connectivity index (χ0n) is 45.9. The molecule has 0 unspecified atom stereocenters. The highest BCUT2D eigenvalue weighted by molar-refractivity contribution is 7.53. The number of benzene rings is 1. The van der Waals surface area contributed by atoms with Gasteiger partial charge in [0.25, 0.3) is 0 Å². The second kappa shape index (κ2) is 44.1. The Bertz CT molecular complexity index is 1200. The largest absolute Gasteiger partial charge is 0.507 e. The number of hydrogen-bond donors (Lipinski definition) is 1. The molecule has 1 aromatic carbocycles. The van der Waals surface area contributed by atoms with Gasteiger partial charge in [-0.1, -0.05) is 310 Å². The number of phenolic OH excluding ortho intramolecular Hbond substituents is 1. The van der Waals surface area contributed by atoms with Gasteiger partial charge in [-0.05, 0) is 54.4 Å². The lowest BCUT2D eigenvalue weighted by Gasteiger charge is -2.26. The van der Waals surface area contributed by atoms with Gasteiger partial charge in [0, 0.05) is 0 Å². The fourth-order valence-electron chi connectivity index (χ4n) is 9.98. The van der Waals surface area contributed by atoms with Gasteiger partial charge in [0.1, 0.15) is 5.75 Å². The SMILES string of the molecule is CCCCCCCCCCCCCCCCCCCCCCCCOP(=O)(Cc1c(C)cc(C(C)(C)C)c(O)c1C)OCCCCCCCCCCCCCCCCCCCCCCCC. The lowest BCUT2D eigenvalue weighted by molar-refractivity contribution is 0.196. The van der Waals surface area contributed by atoms with Crippen LogP contribution in [-0.4, -0.2) is 18.3 Å². The molecule has 0 aliphatic rings. The predicted molar refractivity (Wildman–Crippen MR) is 294 cm³/mol. The summed E-state index contributed by atoms with van der Waals surface area (Å²) in [6, 6.07) is 2.07. The maximum absolute atomic E-state index is 14.4. The van der Waals surface area contributed by atoms with Crippen molar-refractivity contribution in [3.8, 4) is 5.75 Å². The van der Waals surface area contributed by atoms with Gasteiger partial charge in [0.05, 0.1) is 19.4 Å². The van der Waals surface area contributed by atoms with Gasteiger partial charge >= 0.3 is 7.60 Å². The van der Waals surface area contributed by atoms with Gasteiger partial charge in [-0.3, -0.25) is 4.57 Å². The summed E-state index contributed by atoms with van der Waals surface area (Å²) in [5.74, 6) is 0.314. The minimum atomic E-state index is -3.38. The van der Waals surface area contributed by atoms with Gasteiger partial charge < -0.3 is 14.2 Å². The Labute approximate surface area is 414 Å². The first-order valence-corrected chi connectivity index (χ1v) is 31.5. The average molecular weight is 946 g/mol. The van der Waals surface area contributed by atoms with E-state index in [4.69, 9.17) is 9.05 Å². The molecule has 0 radical (unpaired) electrons. The van der Waals surface area contributed by atoms with Crippen LogP contribution in [0.25, 0.3) is 0 Å². The van der Waals surface area contributed by atoms with E-state index in [-0.39, 0.29) is 11.6 Å². The highest BCUT2D eigenvalue weighted by Gasteiger charge is 2.30. The molecule has 1 aromatic rings. The smallest absolute Gasteiger partial charge is 0.335 e. The average Bonchev–Trinajstić information content (AvgIpc) is 3.29. The molecule has 0 atom stereocenters. The molecule has 0 aliphatic heterocycles. The lowest BCUT2D eigenvalue weighted by Crippen LogP contribution is -2.14. The molecule has 0 fully saturated rings. The van der Waals surface area contributed by atoms with E-state index in [9.17, 15) is 9.67 Å². The second-order valence-electron chi connectivity index (χ2n) is 22.2. The minimum Gasteiger partial charge on any atom is -0.507 e. The van der Waals surface area contributed by atoms with Crippen molar-refractivity contribution in [3.63, 3.8) is 0 Å². The summed E-state index contributed by atoms with van der Waals surface area (Å²) in [6.45, 7) is 15.9. The molecular formula is C61H117O4P. The number of unbranched alkanes of at least 4 members (excludes halogenated alkanes) is 42. The Morgan fingerprint density at radius 3 is 0.864 bits per heavy atom. The number of aromatic hydroxyl groups is 1. The molecule has 1 N–H and O–H groups in total. The minimum absolute atomic E-state index is 0.174. The summed E-state index contributed by atoms with van der Waals surface area (Å²) in [4.78, 5) is 0. The Kier molecular flexibility index (Phi) is 42.3. The van der Waals surface area contributed by atoms with Crippen LogP contribution >= 0.6 is 7.60 Å². The molecule has 0 saturated carbocycles. The molecule has 4 nitrogen and oxygen atoms in total. The van der Waals surface area contributed by atoms with Crippen molar-refractivity contribution in [2.24, 2.45) is 0 Å². The fraction of sp³-hybridized carbons (Fsp3) is 0.902. The summed E-state index contributed by atoms with van der Waals surface area (Å²) in [7, 11) is -3.38. The first-order valence-electron chi connectivity index (χ1n) is 29.8. The van der Waals surface area contributed by atoms with E-state index in [1.807, 2.05) is 6.92 Å². The highest BCUT2D eigenvalue weighted by atomic mass is 31.2. The standard InChI is InChI=1S/C61H117O4P/c1-8-10-12-14-16-18-20-22-24-26-28-30-32-34-36-38-40-42-44-46-48-50-52-64-66(63,55-58-56(3)54-59(61(5,6)7)60(62)57(58)4)65-53-51-49-47-45-43-41-39-37-35-33-31-29-27-25-23-21-19-17-15-13-11-9-2/h54,62H,8-53,55H2,1-7H3. The molecule has 0 spiro atoms. The van der Waals surface area contributed by atoms with Gasteiger partial charge in [0.2, 0.25) is 0 Å². The Hall–Kier alpha value is -0.830. The topological polar surface area (TPSA) is 55.8 Å². The third-order valence-corrected chi connectivity index (χ3v) is 16.5. The van der Waals surface area contributed by atoms with Crippen molar-refractivity contribution in [1.29, 1.82) is 0 Å². The maximum atomic E-state index is 14.4. The van der Waals surface area contributed by atoms with E-state index >= 15 is 0 Å².